The van der Waals surface area contributed by atoms with Gasteiger partial charge in [-0.1, -0.05) is 23.2 Å². The van der Waals surface area contributed by atoms with Crippen LogP contribution in [-0.2, 0) is 0 Å². The molecule has 0 unspecified atom stereocenters. The highest BCUT2D eigenvalue weighted by atomic mass is 35.5. The van der Waals surface area contributed by atoms with Gasteiger partial charge in [-0.15, -0.1) is 0 Å². The maximum absolute atomic E-state index is 12.0. The number of phenols is 2. The maximum Gasteiger partial charge on any atom is 0.257 e. The topological polar surface area (TPSA) is 69.6 Å². The van der Waals surface area contributed by atoms with E-state index in [-0.39, 0.29) is 27.1 Å². The third-order valence-corrected chi connectivity index (χ3v) is 3.05. The SMILES string of the molecule is O=C(Nc1ccc(Cl)c(O)c1)c1cc(O)ccc1Cl. The number of rotatable bonds is 2. The summed E-state index contributed by atoms with van der Waals surface area (Å²) in [4.78, 5) is 12.0. The van der Waals surface area contributed by atoms with Gasteiger partial charge < -0.3 is 15.5 Å². The number of halogens is 2. The Balaban J connectivity index is 2.25. The fraction of sp³-hybridized carbons (Fsp3) is 0. The third kappa shape index (κ3) is 3.10. The standard InChI is InChI=1S/C13H9Cl2NO3/c14-10-4-2-8(17)6-9(10)13(19)16-7-1-3-11(15)12(18)5-7/h1-6,17-18H,(H,16,19). The van der Waals surface area contributed by atoms with E-state index in [1.165, 1.54) is 36.4 Å². The van der Waals surface area contributed by atoms with Crippen molar-refractivity contribution in [2.75, 3.05) is 5.32 Å². The average molecular weight is 298 g/mol. The second kappa shape index (κ2) is 5.38. The lowest BCUT2D eigenvalue weighted by molar-refractivity contribution is 0.102. The molecular formula is C13H9Cl2NO3. The zero-order valence-electron chi connectivity index (χ0n) is 9.52. The van der Waals surface area contributed by atoms with E-state index in [4.69, 9.17) is 23.2 Å². The van der Waals surface area contributed by atoms with Crippen LogP contribution in [-0.4, -0.2) is 16.1 Å². The highest BCUT2D eigenvalue weighted by molar-refractivity contribution is 6.34. The van der Waals surface area contributed by atoms with Crippen LogP contribution in [0.25, 0.3) is 0 Å². The van der Waals surface area contributed by atoms with Crippen molar-refractivity contribution in [3.63, 3.8) is 0 Å². The largest absolute Gasteiger partial charge is 0.508 e. The van der Waals surface area contributed by atoms with E-state index in [0.29, 0.717) is 5.69 Å². The van der Waals surface area contributed by atoms with Gasteiger partial charge in [0, 0.05) is 11.8 Å². The first-order chi connectivity index (χ1) is 8.97. The number of benzene rings is 2. The van der Waals surface area contributed by atoms with E-state index in [1.807, 2.05) is 0 Å². The Morgan fingerprint density at radius 3 is 2.37 bits per heavy atom. The molecule has 0 bridgehead atoms. The molecule has 4 nitrogen and oxygen atoms in total. The van der Waals surface area contributed by atoms with E-state index < -0.39 is 5.91 Å². The number of hydrogen-bond donors (Lipinski definition) is 3. The van der Waals surface area contributed by atoms with Crippen molar-refractivity contribution < 1.29 is 15.0 Å². The van der Waals surface area contributed by atoms with Gasteiger partial charge in [0.05, 0.1) is 15.6 Å². The van der Waals surface area contributed by atoms with Gasteiger partial charge in [-0.3, -0.25) is 4.79 Å². The Labute approximate surface area is 119 Å². The van der Waals surface area contributed by atoms with E-state index in [2.05, 4.69) is 5.32 Å². The van der Waals surface area contributed by atoms with Gasteiger partial charge in [-0.2, -0.15) is 0 Å². The Morgan fingerprint density at radius 1 is 1.00 bits per heavy atom. The predicted octanol–water partition coefficient (Wildman–Crippen LogP) is 3.66. The van der Waals surface area contributed by atoms with Crippen LogP contribution in [0.4, 0.5) is 5.69 Å². The molecule has 0 radical (unpaired) electrons. The molecule has 6 heteroatoms. The van der Waals surface area contributed by atoms with Crippen LogP contribution in [0.15, 0.2) is 36.4 Å². The predicted molar refractivity (Wildman–Crippen MR) is 74.2 cm³/mol. The highest BCUT2D eigenvalue weighted by Gasteiger charge is 2.12. The van der Waals surface area contributed by atoms with Crippen LogP contribution < -0.4 is 5.32 Å². The first kappa shape index (κ1) is 13.5. The molecule has 0 spiro atoms. The number of phenolic OH excluding ortho intramolecular Hbond substituents is 2. The van der Waals surface area contributed by atoms with Crippen LogP contribution in [0, 0.1) is 0 Å². The van der Waals surface area contributed by atoms with Crippen molar-refractivity contribution in [2.45, 2.75) is 0 Å². The van der Waals surface area contributed by atoms with Crippen molar-refractivity contribution in [3.05, 3.63) is 52.0 Å². The minimum atomic E-state index is -0.498. The summed E-state index contributed by atoms with van der Waals surface area (Å²) in [6.45, 7) is 0. The molecule has 2 rings (SSSR count). The fourth-order valence-electron chi connectivity index (χ4n) is 1.48. The van der Waals surface area contributed by atoms with Gasteiger partial charge in [0.25, 0.3) is 5.91 Å². The molecule has 0 aliphatic carbocycles. The van der Waals surface area contributed by atoms with Crippen LogP contribution in [0.3, 0.4) is 0 Å². The molecule has 0 fully saturated rings. The van der Waals surface area contributed by atoms with Gasteiger partial charge in [-0.25, -0.2) is 0 Å². The molecule has 0 aromatic heterocycles. The lowest BCUT2D eigenvalue weighted by Crippen LogP contribution is -2.12. The molecule has 19 heavy (non-hydrogen) atoms. The number of anilines is 1. The molecule has 0 heterocycles. The van der Waals surface area contributed by atoms with Gasteiger partial charge in [0.2, 0.25) is 0 Å². The summed E-state index contributed by atoms with van der Waals surface area (Å²) >= 11 is 11.5. The number of aromatic hydroxyl groups is 2. The third-order valence-electron chi connectivity index (χ3n) is 2.40. The molecule has 98 valence electrons. The first-order valence-corrected chi connectivity index (χ1v) is 6.01. The van der Waals surface area contributed by atoms with Gasteiger partial charge in [0.15, 0.2) is 0 Å². The molecule has 2 aromatic carbocycles. The number of hydrogen-bond acceptors (Lipinski definition) is 3. The molecule has 0 aliphatic heterocycles. The maximum atomic E-state index is 12.0. The Hall–Kier alpha value is -1.91. The number of amides is 1. The summed E-state index contributed by atoms with van der Waals surface area (Å²) in [6, 6.07) is 8.37. The minimum Gasteiger partial charge on any atom is -0.508 e. The number of carbonyl (C=O) groups excluding carboxylic acids is 1. The van der Waals surface area contributed by atoms with Gasteiger partial charge >= 0.3 is 0 Å². The smallest absolute Gasteiger partial charge is 0.257 e. The monoisotopic (exact) mass is 297 g/mol. The van der Waals surface area contributed by atoms with Crippen LogP contribution in [0.1, 0.15) is 10.4 Å². The minimum absolute atomic E-state index is 0.0616. The van der Waals surface area contributed by atoms with E-state index >= 15 is 0 Å². The van der Waals surface area contributed by atoms with Crippen LogP contribution in [0.5, 0.6) is 11.5 Å². The lowest BCUT2D eigenvalue weighted by atomic mass is 10.2. The number of carbonyl (C=O) groups is 1. The molecule has 0 aliphatic rings. The molecule has 3 N–H and O–H groups in total. The first-order valence-electron chi connectivity index (χ1n) is 5.26. The highest BCUT2D eigenvalue weighted by Crippen LogP contribution is 2.27. The summed E-state index contributed by atoms with van der Waals surface area (Å²) in [7, 11) is 0. The van der Waals surface area contributed by atoms with E-state index in [9.17, 15) is 15.0 Å². The normalized spacial score (nSPS) is 10.2. The summed E-state index contributed by atoms with van der Waals surface area (Å²) < 4.78 is 0. The quantitative estimate of drug-likeness (QED) is 0.792. The fourth-order valence-corrected chi connectivity index (χ4v) is 1.80. The molecule has 0 saturated carbocycles. The average Bonchev–Trinajstić information content (AvgIpc) is 2.36. The second-order valence-corrected chi connectivity index (χ2v) is 4.60. The van der Waals surface area contributed by atoms with Crippen molar-refractivity contribution >= 4 is 34.8 Å². The Morgan fingerprint density at radius 2 is 1.68 bits per heavy atom. The molecule has 0 atom stereocenters. The molecular weight excluding hydrogens is 289 g/mol. The summed E-state index contributed by atoms with van der Waals surface area (Å²) in [5, 5.41) is 21.7. The number of nitrogens with one attached hydrogen (secondary N) is 1. The zero-order chi connectivity index (χ0) is 14.0. The second-order valence-electron chi connectivity index (χ2n) is 3.78. The van der Waals surface area contributed by atoms with Crippen LogP contribution in [0.2, 0.25) is 10.0 Å². The molecule has 2 aromatic rings. The van der Waals surface area contributed by atoms with E-state index in [1.54, 1.807) is 0 Å². The van der Waals surface area contributed by atoms with E-state index in [0.717, 1.165) is 0 Å². The zero-order valence-corrected chi connectivity index (χ0v) is 11.0. The van der Waals surface area contributed by atoms with Crippen molar-refractivity contribution in [3.8, 4) is 11.5 Å². The van der Waals surface area contributed by atoms with Crippen molar-refractivity contribution in [2.24, 2.45) is 0 Å². The molecule has 1 amide bonds. The Bertz CT molecular complexity index is 644. The summed E-state index contributed by atoms with van der Waals surface area (Å²) in [6.07, 6.45) is 0. The van der Waals surface area contributed by atoms with Gasteiger partial charge in [-0.05, 0) is 30.3 Å². The molecule has 0 saturated heterocycles. The van der Waals surface area contributed by atoms with Crippen LogP contribution >= 0.6 is 23.2 Å². The van der Waals surface area contributed by atoms with Gasteiger partial charge in [0.1, 0.15) is 11.5 Å². The van der Waals surface area contributed by atoms with Crippen molar-refractivity contribution in [1.82, 2.24) is 0 Å². The Kier molecular flexibility index (Phi) is 3.83. The lowest BCUT2D eigenvalue weighted by Gasteiger charge is -2.08. The summed E-state index contributed by atoms with van der Waals surface area (Å²) in [5.74, 6) is -0.697. The summed E-state index contributed by atoms with van der Waals surface area (Å²) in [5.41, 5.74) is 0.502. The van der Waals surface area contributed by atoms with Crippen molar-refractivity contribution in [1.29, 1.82) is 0 Å².